The van der Waals surface area contributed by atoms with Crippen molar-refractivity contribution >= 4 is 5.91 Å². The smallest absolute Gasteiger partial charge is 0.279 e. The SMILES string of the molecule is CCCC(C)(O)CNC(=O)c1c(C)c(C)nn(C)c1=O. The van der Waals surface area contributed by atoms with Gasteiger partial charge in [0.05, 0.1) is 11.3 Å². The van der Waals surface area contributed by atoms with Gasteiger partial charge in [0.2, 0.25) is 0 Å². The molecule has 2 N–H and O–H groups in total. The molecule has 0 aliphatic heterocycles. The molecule has 1 atom stereocenters. The number of hydrogen-bond donors (Lipinski definition) is 2. The number of nitrogens with zero attached hydrogens (tertiary/aromatic N) is 2. The van der Waals surface area contributed by atoms with E-state index in [1.165, 1.54) is 7.05 Å². The minimum atomic E-state index is -0.967. The maximum absolute atomic E-state index is 12.2. The molecule has 0 fully saturated rings. The average Bonchev–Trinajstić information content (AvgIpc) is 2.34. The predicted octanol–water partition coefficient (Wildman–Crippen LogP) is 0.678. The van der Waals surface area contributed by atoms with E-state index in [9.17, 15) is 14.7 Å². The van der Waals surface area contributed by atoms with Crippen LogP contribution in [0, 0.1) is 13.8 Å². The third kappa shape index (κ3) is 3.66. The number of carbonyl (C=O) groups excluding carboxylic acids is 1. The Morgan fingerprint density at radius 3 is 2.60 bits per heavy atom. The number of rotatable bonds is 5. The van der Waals surface area contributed by atoms with Crippen molar-refractivity contribution in [2.24, 2.45) is 7.05 Å². The van der Waals surface area contributed by atoms with E-state index in [4.69, 9.17) is 0 Å². The number of aliphatic hydroxyl groups is 1. The molecule has 1 amide bonds. The van der Waals surface area contributed by atoms with E-state index in [2.05, 4.69) is 10.4 Å². The van der Waals surface area contributed by atoms with E-state index < -0.39 is 17.1 Å². The monoisotopic (exact) mass is 281 g/mol. The van der Waals surface area contributed by atoms with Crippen LogP contribution in [0.4, 0.5) is 0 Å². The molecule has 0 bridgehead atoms. The number of amides is 1. The zero-order valence-electron chi connectivity index (χ0n) is 12.8. The fourth-order valence-electron chi connectivity index (χ4n) is 2.10. The van der Waals surface area contributed by atoms with E-state index in [1.807, 2.05) is 6.92 Å². The zero-order chi connectivity index (χ0) is 15.5. The normalized spacial score (nSPS) is 13.9. The van der Waals surface area contributed by atoms with Gasteiger partial charge in [0.1, 0.15) is 5.56 Å². The van der Waals surface area contributed by atoms with Crippen molar-refractivity contribution in [2.75, 3.05) is 6.54 Å². The summed E-state index contributed by atoms with van der Waals surface area (Å²) in [6, 6.07) is 0. The third-order valence-corrected chi connectivity index (χ3v) is 3.37. The Morgan fingerprint density at radius 2 is 2.05 bits per heavy atom. The molecular weight excluding hydrogens is 258 g/mol. The summed E-state index contributed by atoms with van der Waals surface area (Å²) in [5.74, 6) is -0.468. The standard InChI is InChI=1S/C14H23N3O3/c1-6-7-14(4,20)8-15-12(18)11-9(2)10(3)16-17(5)13(11)19/h20H,6-8H2,1-5H3,(H,15,18). The molecule has 0 aliphatic rings. The Balaban J connectivity index is 2.97. The molecular formula is C14H23N3O3. The second-order valence-corrected chi connectivity index (χ2v) is 5.44. The minimum absolute atomic E-state index is 0.0901. The minimum Gasteiger partial charge on any atom is -0.388 e. The highest BCUT2D eigenvalue weighted by Gasteiger charge is 2.23. The van der Waals surface area contributed by atoms with Crippen molar-refractivity contribution in [2.45, 2.75) is 46.1 Å². The van der Waals surface area contributed by atoms with E-state index in [0.717, 1.165) is 11.1 Å². The van der Waals surface area contributed by atoms with Gasteiger partial charge in [0.25, 0.3) is 11.5 Å². The van der Waals surface area contributed by atoms with Gasteiger partial charge in [-0.3, -0.25) is 9.59 Å². The summed E-state index contributed by atoms with van der Waals surface area (Å²) in [6.07, 6.45) is 1.40. The Kier molecular flexibility index (Phi) is 5.05. The van der Waals surface area contributed by atoms with Gasteiger partial charge in [0, 0.05) is 13.6 Å². The van der Waals surface area contributed by atoms with E-state index >= 15 is 0 Å². The van der Waals surface area contributed by atoms with Crippen molar-refractivity contribution in [3.05, 3.63) is 27.2 Å². The van der Waals surface area contributed by atoms with Crippen LogP contribution in [0.25, 0.3) is 0 Å². The molecule has 0 spiro atoms. The van der Waals surface area contributed by atoms with Crippen LogP contribution in [-0.2, 0) is 7.05 Å². The Labute approximate surface area is 118 Å². The quantitative estimate of drug-likeness (QED) is 0.831. The molecule has 6 nitrogen and oxygen atoms in total. The van der Waals surface area contributed by atoms with Gasteiger partial charge in [-0.25, -0.2) is 4.68 Å². The lowest BCUT2D eigenvalue weighted by atomic mass is 10.0. The van der Waals surface area contributed by atoms with E-state index in [0.29, 0.717) is 17.7 Å². The van der Waals surface area contributed by atoms with Gasteiger partial charge >= 0.3 is 0 Å². The number of carbonyl (C=O) groups is 1. The molecule has 112 valence electrons. The Bertz CT molecular complexity index is 562. The highest BCUT2D eigenvalue weighted by molar-refractivity contribution is 5.95. The molecule has 0 radical (unpaired) electrons. The summed E-state index contributed by atoms with van der Waals surface area (Å²) in [7, 11) is 1.51. The second-order valence-electron chi connectivity index (χ2n) is 5.44. The number of aromatic nitrogens is 2. The predicted molar refractivity (Wildman–Crippen MR) is 76.8 cm³/mol. The summed E-state index contributed by atoms with van der Waals surface area (Å²) in [4.78, 5) is 24.2. The zero-order valence-corrected chi connectivity index (χ0v) is 12.8. The summed E-state index contributed by atoms with van der Waals surface area (Å²) in [5, 5.41) is 16.7. The Morgan fingerprint density at radius 1 is 1.45 bits per heavy atom. The van der Waals surface area contributed by atoms with Crippen LogP contribution in [0.5, 0.6) is 0 Å². The molecule has 1 heterocycles. The van der Waals surface area contributed by atoms with Crippen LogP contribution >= 0.6 is 0 Å². The first kappa shape index (κ1) is 16.4. The lowest BCUT2D eigenvalue weighted by Crippen LogP contribution is -2.43. The van der Waals surface area contributed by atoms with Crippen molar-refractivity contribution in [1.29, 1.82) is 0 Å². The largest absolute Gasteiger partial charge is 0.388 e. The highest BCUT2D eigenvalue weighted by Crippen LogP contribution is 2.11. The van der Waals surface area contributed by atoms with E-state index in [1.54, 1.807) is 20.8 Å². The van der Waals surface area contributed by atoms with Gasteiger partial charge in [-0.1, -0.05) is 13.3 Å². The van der Waals surface area contributed by atoms with Crippen LogP contribution in [0.3, 0.4) is 0 Å². The van der Waals surface area contributed by atoms with Crippen LogP contribution in [0.1, 0.15) is 48.3 Å². The molecule has 0 aliphatic carbocycles. The van der Waals surface area contributed by atoms with Crippen LogP contribution in [0.15, 0.2) is 4.79 Å². The van der Waals surface area contributed by atoms with Gasteiger partial charge in [-0.15, -0.1) is 0 Å². The van der Waals surface area contributed by atoms with Gasteiger partial charge < -0.3 is 10.4 Å². The first-order valence-electron chi connectivity index (χ1n) is 6.74. The van der Waals surface area contributed by atoms with Gasteiger partial charge in [-0.2, -0.15) is 5.10 Å². The summed E-state index contributed by atoms with van der Waals surface area (Å²) < 4.78 is 1.15. The first-order valence-corrected chi connectivity index (χ1v) is 6.74. The highest BCUT2D eigenvalue weighted by atomic mass is 16.3. The Hall–Kier alpha value is -1.69. The van der Waals surface area contributed by atoms with Gasteiger partial charge in [-0.05, 0) is 32.8 Å². The molecule has 1 rings (SSSR count). The number of nitrogens with one attached hydrogen (secondary N) is 1. The van der Waals surface area contributed by atoms with Crippen molar-refractivity contribution in [3.8, 4) is 0 Å². The molecule has 6 heteroatoms. The number of hydrogen-bond acceptors (Lipinski definition) is 4. The molecule has 1 aromatic heterocycles. The molecule has 1 aromatic rings. The molecule has 20 heavy (non-hydrogen) atoms. The second kappa shape index (κ2) is 6.17. The van der Waals surface area contributed by atoms with Crippen LogP contribution in [-0.4, -0.2) is 32.9 Å². The topological polar surface area (TPSA) is 84.2 Å². The lowest BCUT2D eigenvalue weighted by molar-refractivity contribution is 0.0469. The fourth-order valence-corrected chi connectivity index (χ4v) is 2.10. The average molecular weight is 281 g/mol. The van der Waals surface area contributed by atoms with E-state index in [-0.39, 0.29) is 12.1 Å². The third-order valence-electron chi connectivity index (χ3n) is 3.37. The van der Waals surface area contributed by atoms with Crippen molar-refractivity contribution < 1.29 is 9.90 Å². The fraction of sp³-hybridized carbons (Fsp3) is 0.643. The summed E-state index contributed by atoms with van der Waals surface area (Å²) in [5.41, 5.74) is -0.0997. The number of aryl methyl sites for hydroxylation is 2. The summed E-state index contributed by atoms with van der Waals surface area (Å²) in [6.45, 7) is 7.19. The van der Waals surface area contributed by atoms with Gasteiger partial charge in [0.15, 0.2) is 0 Å². The first-order chi connectivity index (χ1) is 9.19. The van der Waals surface area contributed by atoms with Crippen LogP contribution in [0.2, 0.25) is 0 Å². The van der Waals surface area contributed by atoms with Crippen LogP contribution < -0.4 is 10.9 Å². The molecule has 0 saturated heterocycles. The summed E-state index contributed by atoms with van der Waals surface area (Å²) >= 11 is 0. The maximum Gasteiger partial charge on any atom is 0.279 e. The molecule has 0 aromatic carbocycles. The van der Waals surface area contributed by atoms with Crippen molar-refractivity contribution in [1.82, 2.24) is 15.1 Å². The van der Waals surface area contributed by atoms with Crippen molar-refractivity contribution in [3.63, 3.8) is 0 Å². The lowest BCUT2D eigenvalue weighted by Gasteiger charge is -2.23. The molecule has 1 unspecified atom stereocenters. The molecule has 0 saturated carbocycles. The maximum atomic E-state index is 12.2.